The molecule has 14 heavy (non-hydrogen) atoms. The van der Waals surface area contributed by atoms with E-state index in [1.54, 1.807) is 6.92 Å². The lowest BCUT2D eigenvalue weighted by Crippen LogP contribution is -1.96. The summed E-state index contributed by atoms with van der Waals surface area (Å²) in [5.41, 5.74) is 1.61. The summed E-state index contributed by atoms with van der Waals surface area (Å²) in [5.74, 6) is 0.939. The molecule has 0 aromatic carbocycles. The molecule has 1 rings (SSSR count). The predicted octanol–water partition coefficient (Wildman–Crippen LogP) is 1.97. The monoisotopic (exact) mass is 194 g/mol. The smallest absolute Gasteiger partial charge is 0.194 e. The van der Waals surface area contributed by atoms with E-state index in [0.29, 0.717) is 18.2 Å². The number of aryl methyl sites for hydroxylation is 1. The van der Waals surface area contributed by atoms with Gasteiger partial charge in [0.1, 0.15) is 6.61 Å². The molecule has 0 unspecified atom stereocenters. The first-order valence-electron chi connectivity index (χ1n) is 4.35. The lowest BCUT2D eigenvalue weighted by molar-refractivity contribution is 0.100. The van der Waals surface area contributed by atoms with E-state index in [4.69, 9.17) is 4.74 Å². The van der Waals surface area contributed by atoms with Gasteiger partial charge in [0.25, 0.3) is 0 Å². The Morgan fingerprint density at radius 3 is 2.64 bits per heavy atom. The molecule has 1 aromatic heterocycles. The number of aromatic nitrogens is 2. The molecule has 0 aliphatic rings. The molecule has 0 saturated carbocycles. The Labute approximate surface area is 83.0 Å². The zero-order valence-electron chi connectivity index (χ0n) is 8.68. The van der Waals surface area contributed by atoms with Crippen molar-refractivity contribution in [3.8, 4) is 0 Å². The Morgan fingerprint density at radius 2 is 2.21 bits per heavy atom. The fraction of sp³-hybridized carbons (Fsp3) is 0.400. The normalized spacial score (nSPS) is 9.93. The second kappa shape index (κ2) is 4.09. The van der Waals surface area contributed by atoms with Crippen LogP contribution in [0.25, 0.3) is 0 Å². The summed E-state index contributed by atoms with van der Waals surface area (Å²) in [6, 6.07) is 0. The summed E-state index contributed by atoms with van der Waals surface area (Å²) in [7, 11) is 0. The summed E-state index contributed by atoms with van der Waals surface area (Å²) in [4.78, 5) is 18.0. The van der Waals surface area contributed by atoms with Crippen molar-refractivity contribution in [3.05, 3.63) is 29.6 Å². The Hall–Kier alpha value is -1.58. The van der Waals surface area contributed by atoms with E-state index in [0.717, 1.165) is 11.4 Å². The highest BCUT2D eigenvalue weighted by atomic mass is 16.5. The Kier molecular flexibility index (Phi) is 3.06. The van der Waals surface area contributed by atoms with Crippen molar-refractivity contribution in [1.82, 2.24) is 9.97 Å². The van der Waals surface area contributed by atoms with E-state index < -0.39 is 0 Å². The minimum Gasteiger partial charge on any atom is -0.492 e. The summed E-state index contributed by atoms with van der Waals surface area (Å²) in [5, 5.41) is 0. The van der Waals surface area contributed by atoms with Crippen molar-refractivity contribution < 1.29 is 9.53 Å². The number of allylic oxidation sites excluding steroid dienone is 1. The molecule has 4 heteroatoms. The number of hydrogen-bond donors (Lipinski definition) is 1. The molecular weight excluding hydrogens is 180 g/mol. The van der Waals surface area contributed by atoms with Gasteiger partial charge in [-0.1, -0.05) is 6.58 Å². The van der Waals surface area contributed by atoms with E-state index in [9.17, 15) is 4.79 Å². The van der Waals surface area contributed by atoms with Gasteiger partial charge in [-0.3, -0.25) is 4.79 Å². The molecule has 0 spiro atoms. The van der Waals surface area contributed by atoms with Crippen LogP contribution < -0.4 is 0 Å². The minimum absolute atomic E-state index is 0.0744. The number of aromatic amines is 1. The maximum absolute atomic E-state index is 11.0. The van der Waals surface area contributed by atoms with Gasteiger partial charge >= 0.3 is 0 Å². The second-order valence-corrected chi connectivity index (χ2v) is 3.20. The quantitative estimate of drug-likeness (QED) is 0.589. The molecule has 1 N–H and O–H groups in total. The van der Waals surface area contributed by atoms with E-state index >= 15 is 0 Å². The Morgan fingerprint density at radius 1 is 1.57 bits per heavy atom. The van der Waals surface area contributed by atoms with E-state index in [2.05, 4.69) is 16.5 Å². The third kappa shape index (κ3) is 2.45. The number of carbonyl (C=O) groups excluding carboxylic acids is 1. The highest BCUT2D eigenvalue weighted by molar-refractivity contribution is 5.90. The van der Waals surface area contributed by atoms with Gasteiger partial charge in [0.15, 0.2) is 11.6 Å². The number of imidazole rings is 1. The van der Waals surface area contributed by atoms with Crippen molar-refractivity contribution in [3.63, 3.8) is 0 Å². The molecule has 0 fully saturated rings. The van der Waals surface area contributed by atoms with E-state index in [1.807, 2.05) is 6.92 Å². The number of ether oxygens (including phenoxy) is 1. The zero-order valence-corrected chi connectivity index (χ0v) is 8.68. The van der Waals surface area contributed by atoms with Crippen LogP contribution in [0.5, 0.6) is 0 Å². The summed E-state index contributed by atoms with van der Waals surface area (Å²) in [6.45, 7) is 9.07. The standard InChI is InChI=1S/C10H14N2O2/c1-6(2)14-5-9-7(3)11-10(12-9)8(4)13/h1,5H2,2-4H3,(H,11,12). The van der Waals surface area contributed by atoms with Crippen LogP contribution >= 0.6 is 0 Å². The molecule has 4 nitrogen and oxygen atoms in total. The first-order chi connectivity index (χ1) is 6.50. The second-order valence-electron chi connectivity index (χ2n) is 3.20. The largest absolute Gasteiger partial charge is 0.492 e. The van der Waals surface area contributed by atoms with Gasteiger partial charge in [0, 0.05) is 12.6 Å². The van der Waals surface area contributed by atoms with Crippen LogP contribution in [0.4, 0.5) is 0 Å². The molecule has 0 bridgehead atoms. The Balaban J connectivity index is 2.77. The van der Waals surface area contributed by atoms with Crippen LogP contribution in [-0.2, 0) is 11.3 Å². The molecule has 0 amide bonds. The lowest BCUT2D eigenvalue weighted by Gasteiger charge is -2.01. The number of hydrogen-bond acceptors (Lipinski definition) is 3. The average molecular weight is 194 g/mol. The maximum atomic E-state index is 11.0. The molecule has 0 saturated heterocycles. The molecule has 0 aliphatic heterocycles. The minimum atomic E-state index is -0.0744. The number of H-pyrrole nitrogens is 1. The van der Waals surface area contributed by atoms with E-state index in [-0.39, 0.29) is 5.78 Å². The first-order valence-corrected chi connectivity index (χ1v) is 4.35. The maximum Gasteiger partial charge on any atom is 0.194 e. The third-order valence-electron chi connectivity index (χ3n) is 1.77. The zero-order chi connectivity index (χ0) is 10.7. The van der Waals surface area contributed by atoms with Crippen molar-refractivity contribution in [1.29, 1.82) is 0 Å². The SMILES string of the molecule is C=C(C)OCc1nc(C(C)=O)[nH]c1C. The number of nitrogens with zero attached hydrogens (tertiary/aromatic N) is 1. The van der Waals surface area contributed by atoms with Crippen LogP contribution in [0.2, 0.25) is 0 Å². The average Bonchev–Trinajstić information content (AvgIpc) is 2.43. The molecule has 0 atom stereocenters. The molecule has 76 valence electrons. The van der Waals surface area contributed by atoms with Gasteiger partial charge in [-0.05, 0) is 13.8 Å². The van der Waals surface area contributed by atoms with Crippen molar-refractivity contribution in [2.24, 2.45) is 0 Å². The summed E-state index contributed by atoms with van der Waals surface area (Å²) < 4.78 is 5.21. The van der Waals surface area contributed by atoms with Crippen LogP contribution in [0, 0.1) is 6.92 Å². The van der Waals surface area contributed by atoms with Crippen molar-refractivity contribution >= 4 is 5.78 Å². The molecule has 0 radical (unpaired) electrons. The fourth-order valence-electron chi connectivity index (χ4n) is 0.995. The first kappa shape index (κ1) is 10.5. The van der Waals surface area contributed by atoms with Crippen LogP contribution in [0.15, 0.2) is 12.3 Å². The lowest BCUT2D eigenvalue weighted by atomic mass is 10.4. The van der Waals surface area contributed by atoms with Gasteiger partial charge in [0.2, 0.25) is 0 Å². The topological polar surface area (TPSA) is 55.0 Å². The number of carbonyl (C=O) groups is 1. The highest BCUT2D eigenvalue weighted by Crippen LogP contribution is 2.08. The number of Topliss-reactive ketones (excluding diaryl/α,β-unsaturated/α-hetero) is 1. The number of nitrogens with one attached hydrogen (secondary N) is 1. The van der Waals surface area contributed by atoms with Gasteiger partial charge in [-0.25, -0.2) is 4.98 Å². The third-order valence-corrected chi connectivity index (χ3v) is 1.77. The summed E-state index contributed by atoms with van der Waals surface area (Å²) >= 11 is 0. The molecule has 1 heterocycles. The van der Waals surface area contributed by atoms with Crippen LogP contribution in [0.3, 0.4) is 0 Å². The molecular formula is C10H14N2O2. The molecule has 1 aromatic rings. The summed E-state index contributed by atoms with van der Waals surface area (Å²) in [6.07, 6.45) is 0. The number of ketones is 1. The predicted molar refractivity (Wildman–Crippen MR) is 52.9 cm³/mol. The molecule has 0 aliphatic carbocycles. The van der Waals surface area contributed by atoms with Crippen LogP contribution in [-0.4, -0.2) is 15.8 Å². The van der Waals surface area contributed by atoms with Crippen LogP contribution in [0.1, 0.15) is 35.9 Å². The fourth-order valence-corrected chi connectivity index (χ4v) is 0.995. The van der Waals surface area contributed by atoms with Gasteiger partial charge in [-0.2, -0.15) is 0 Å². The van der Waals surface area contributed by atoms with Gasteiger partial charge < -0.3 is 9.72 Å². The number of rotatable bonds is 4. The van der Waals surface area contributed by atoms with Crippen molar-refractivity contribution in [2.75, 3.05) is 0 Å². The van der Waals surface area contributed by atoms with Gasteiger partial charge in [-0.15, -0.1) is 0 Å². The van der Waals surface area contributed by atoms with Crippen molar-refractivity contribution in [2.45, 2.75) is 27.4 Å². The Bertz CT molecular complexity index is 366. The van der Waals surface area contributed by atoms with Gasteiger partial charge in [0.05, 0.1) is 11.5 Å². The van der Waals surface area contributed by atoms with E-state index in [1.165, 1.54) is 6.92 Å². The highest BCUT2D eigenvalue weighted by Gasteiger charge is 2.09.